The standard InChI is InChI=1S/C19H27N5/c1-15(2)23(3)18-8-7-16(13-22-18)12-21-17-9-11-24(14-17)19-6-4-5-10-20-19/h4-8,10,13,15,17,21H,9,11-12,14H2,1-3H3/t17-/m1/s1. The lowest BCUT2D eigenvalue weighted by Crippen LogP contribution is -2.32. The van der Waals surface area contributed by atoms with Gasteiger partial charge in [-0.2, -0.15) is 0 Å². The molecule has 3 heterocycles. The van der Waals surface area contributed by atoms with Gasteiger partial charge in [-0.1, -0.05) is 12.1 Å². The van der Waals surface area contributed by atoms with E-state index in [2.05, 4.69) is 64.2 Å². The summed E-state index contributed by atoms with van der Waals surface area (Å²) >= 11 is 0. The van der Waals surface area contributed by atoms with Gasteiger partial charge in [0.05, 0.1) is 0 Å². The van der Waals surface area contributed by atoms with E-state index >= 15 is 0 Å². The fraction of sp³-hybridized carbons (Fsp3) is 0.474. The smallest absolute Gasteiger partial charge is 0.128 e. The largest absolute Gasteiger partial charge is 0.357 e. The quantitative estimate of drug-likeness (QED) is 0.885. The van der Waals surface area contributed by atoms with Crippen LogP contribution in [0.2, 0.25) is 0 Å². The van der Waals surface area contributed by atoms with Gasteiger partial charge in [-0.05, 0) is 44.0 Å². The fourth-order valence-corrected chi connectivity index (χ4v) is 2.93. The van der Waals surface area contributed by atoms with Crippen molar-refractivity contribution in [2.45, 2.75) is 38.9 Å². The second-order valence-corrected chi connectivity index (χ2v) is 6.73. The minimum absolute atomic E-state index is 0.456. The Hall–Kier alpha value is -2.14. The Morgan fingerprint density at radius 2 is 2.12 bits per heavy atom. The molecule has 0 unspecified atom stereocenters. The molecular formula is C19H27N5. The first-order valence-electron chi connectivity index (χ1n) is 8.70. The predicted octanol–water partition coefficient (Wildman–Crippen LogP) is 2.69. The van der Waals surface area contributed by atoms with E-state index in [9.17, 15) is 0 Å². The van der Waals surface area contributed by atoms with Gasteiger partial charge in [0.25, 0.3) is 0 Å². The monoisotopic (exact) mass is 325 g/mol. The highest BCUT2D eigenvalue weighted by Crippen LogP contribution is 2.18. The summed E-state index contributed by atoms with van der Waals surface area (Å²) in [6, 6.07) is 11.3. The Labute approximate surface area is 144 Å². The van der Waals surface area contributed by atoms with Crippen LogP contribution in [0.3, 0.4) is 0 Å². The Morgan fingerprint density at radius 1 is 1.25 bits per heavy atom. The zero-order chi connectivity index (χ0) is 16.9. The van der Waals surface area contributed by atoms with Gasteiger partial charge in [0.2, 0.25) is 0 Å². The van der Waals surface area contributed by atoms with Crippen LogP contribution in [0.25, 0.3) is 0 Å². The first-order chi connectivity index (χ1) is 11.6. The number of pyridine rings is 2. The van der Waals surface area contributed by atoms with Gasteiger partial charge < -0.3 is 15.1 Å². The van der Waals surface area contributed by atoms with Crippen molar-refractivity contribution in [1.82, 2.24) is 15.3 Å². The van der Waals surface area contributed by atoms with Crippen molar-refractivity contribution in [3.05, 3.63) is 48.3 Å². The van der Waals surface area contributed by atoms with E-state index in [1.54, 1.807) is 0 Å². The summed E-state index contributed by atoms with van der Waals surface area (Å²) in [5.41, 5.74) is 1.23. The normalized spacial score (nSPS) is 17.5. The summed E-state index contributed by atoms with van der Waals surface area (Å²) in [6.45, 7) is 7.28. The van der Waals surface area contributed by atoms with Crippen molar-refractivity contribution in [1.29, 1.82) is 0 Å². The maximum atomic E-state index is 4.57. The van der Waals surface area contributed by atoms with Gasteiger partial charge in [0.15, 0.2) is 0 Å². The Balaban J connectivity index is 1.50. The summed E-state index contributed by atoms with van der Waals surface area (Å²) in [4.78, 5) is 13.5. The third kappa shape index (κ3) is 4.03. The van der Waals surface area contributed by atoms with Crippen molar-refractivity contribution < 1.29 is 0 Å². The Morgan fingerprint density at radius 3 is 2.79 bits per heavy atom. The van der Waals surface area contributed by atoms with Crippen LogP contribution < -0.4 is 15.1 Å². The maximum absolute atomic E-state index is 4.57. The van der Waals surface area contributed by atoms with Gasteiger partial charge in [0, 0.05) is 51.2 Å². The molecule has 24 heavy (non-hydrogen) atoms. The summed E-state index contributed by atoms with van der Waals surface area (Å²) in [6.07, 6.45) is 4.99. The summed E-state index contributed by atoms with van der Waals surface area (Å²) in [5.74, 6) is 2.10. The number of rotatable bonds is 6. The van der Waals surface area contributed by atoms with E-state index in [0.29, 0.717) is 12.1 Å². The molecule has 0 saturated carbocycles. The van der Waals surface area contributed by atoms with Gasteiger partial charge in [-0.3, -0.25) is 0 Å². The molecule has 1 atom stereocenters. The van der Waals surface area contributed by atoms with Gasteiger partial charge in [-0.25, -0.2) is 9.97 Å². The van der Waals surface area contributed by atoms with Crippen molar-refractivity contribution in [3.8, 4) is 0 Å². The predicted molar refractivity (Wildman–Crippen MR) is 99.5 cm³/mol. The molecule has 1 aliphatic heterocycles. The van der Waals surface area contributed by atoms with E-state index < -0.39 is 0 Å². The van der Waals surface area contributed by atoms with Crippen molar-refractivity contribution in [2.75, 3.05) is 29.9 Å². The molecule has 128 valence electrons. The molecule has 5 nitrogen and oxygen atoms in total. The zero-order valence-electron chi connectivity index (χ0n) is 14.8. The molecule has 3 rings (SSSR count). The number of nitrogens with one attached hydrogen (secondary N) is 1. The van der Waals surface area contributed by atoms with Crippen LogP contribution in [0.4, 0.5) is 11.6 Å². The lowest BCUT2D eigenvalue weighted by Gasteiger charge is -2.22. The molecular weight excluding hydrogens is 298 g/mol. The summed E-state index contributed by atoms with van der Waals surface area (Å²) < 4.78 is 0. The molecule has 0 amide bonds. The fourth-order valence-electron chi connectivity index (χ4n) is 2.93. The zero-order valence-corrected chi connectivity index (χ0v) is 14.8. The number of aromatic nitrogens is 2. The number of anilines is 2. The minimum Gasteiger partial charge on any atom is -0.357 e. The molecule has 1 aliphatic rings. The lowest BCUT2D eigenvalue weighted by atomic mass is 10.2. The average Bonchev–Trinajstić information content (AvgIpc) is 3.09. The van der Waals surface area contributed by atoms with E-state index in [-0.39, 0.29) is 0 Å². The van der Waals surface area contributed by atoms with E-state index in [1.165, 1.54) is 5.56 Å². The van der Waals surface area contributed by atoms with Crippen LogP contribution in [0, 0.1) is 0 Å². The highest BCUT2D eigenvalue weighted by atomic mass is 15.2. The Kier molecular flexibility index (Phi) is 5.30. The molecule has 0 bridgehead atoms. The van der Waals surface area contributed by atoms with Crippen LogP contribution in [0.15, 0.2) is 42.7 Å². The van der Waals surface area contributed by atoms with Crippen LogP contribution >= 0.6 is 0 Å². The third-order valence-corrected chi connectivity index (χ3v) is 4.70. The number of hydrogen-bond donors (Lipinski definition) is 1. The molecule has 0 spiro atoms. The first kappa shape index (κ1) is 16.7. The second kappa shape index (κ2) is 7.62. The SMILES string of the molecule is CC(C)N(C)c1ccc(CN[C@@H]2CCN(c3ccccn3)C2)cn1. The minimum atomic E-state index is 0.456. The molecule has 0 aliphatic carbocycles. The first-order valence-corrected chi connectivity index (χ1v) is 8.70. The molecule has 1 fully saturated rings. The lowest BCUT2D eigenvalue weighted by molar-refractivity contribution is 0.550. The summed E-state index contributed by atoms with van der Waals surface area (Å²) in [5, 5.41) is 3.65. The van der Waals surface area contributed by atoms with E-state index in [1.807, 2.05) is 24.5 Å². The number of hydrogen-bond acceptors (Lipinski definition) is 5. The van der Waals surface area contributed by atoms with Crippen LogP contribution in [0.1, 0.15) is 25.8 Å². The molecule has 2 aromatic rings. The summed E-state index contributed by atoms with van der Waals surface area (Å²) in [7, 11) is 2.08. The molecule has 2 aromatic heterocycles. The highest BCUT2D eigenvalue weighted by Gasteiger charge is 2.22. The van der Waals surface area contributed by atoms with Crippen molar-refractivity contribution in [2.24, 2.45) is 0 Å². The third-order valence-electron chi connectivity index (χ3n) is 4.70. The van der Waals surface area contributed by atoms with Crippen molar-refractivity contribution >= 4 is 11.6 Å². The molecule has 0 radical (unpaired) electrons. The number of nitrogens with zero attached hydrogens (tertiary/aromatic N) is 4. The van der Waals surface area contributed by atoms with Crippen LogP contribution in [-0.4, -0.2) is 42.2 Å². The van der Waals surface area contributed by atoms with Crippen LogP contribution in [0.5, 0.6) is 0 Å². The molecule has 5 heteroatoms. The van der Waals surface area contributed by atoms with E-state index in [4.69, 9.17) is 0 Å². The van der Waals surface area contributed by atoms with Crippen LogP contribution in [-0.2, 0) is 6.54 Å². The molecule has 0 aromatic carbocycles. The molecule has 1 N–H and O–H groups in total. The highest BCUT2D eigenvalue weighted by molar-refractivity contribution is 5.40. The maximum Gasteiger partial charge on any atom is 0.128 e. The van der Waals surface area contributed by atoms with E-state index in [0.717, 1.165) is 37.7 Å². The average molecular weight is 325 g/mol. The Bertz CT molecular complexity index is 626. The van der Waals surface area contributed by atoms with Crippen molar-refractivity contribution in [3.63, 3.8) is 0 Å². The van der Waals surface area contributed by atoms with Gasteiger partial charge in [0.1, 0.15) is 11.6 Å². The topological polar surface area (TPSA) is 44.3 Å². The van der Waals surface area contributed by atoms with Gasteiger partial charge in [-0.15, -0.1) is 0 Å². The van der Waals surface area contributed by atoms with Gasteiger partial charge >= 0.3 is 0 Å². The second-order valence-electron chi connectivity index (χ2n) is 6.73. The molecule has 1 saturated heterocycles.